The maximum atomic E-state index is 13.2. The molecule has 0 aromatic rings. The Kier molecular flexibility index (Phi) is 5.96. The molecule has 4 rings (SSSR count). The van der Waals surface area contributed by atoms with E-state index in [1.165, 1.54) is 0 Å². The molecule has 3 heterocycles. The molecule has 0 aromatic carbocycles. The Bertz CT molecular complexity index is 1060. The van der Waals surface area contributed by atoms with E-state index in [4.69, 9.17) is 23.7 Å². The Labute approximate surface area is 202 Å². The molecule has 1 saturated carbocycles. The fraction of sp³-hybridized carbons (Fsp3) is 0.600. The number of rotatable bonds is 5. The SMILES string of the molecule is C=C1C(=O)OC2C(OC(=O)C(C)=CC)C1C(OC(=O)C1(C)OC1C)C1C(=C)C(=O)OC(CO)C21C. The lowest BCUT2D eigenvalue weighted by molar-refractivity contribution is -0.261. The summed E-state index contributed by atoms with van der Waals surface area (Å²) in [5.74, 6) is -4.87. The number of allylic oxidation sites excluding steroid dienone is 1. The molecule has 10 nitrogen and oxygen atoms in total. The van der Waals surface area contributed by atoms with Crippen LogP contribution >= 0.6 is 0 Å². The zero-order chi connectivity index (χ0) is 26.0. The van der Waals surface area contributed by atoms with Crippen LogP contribution in [-0.2, 0) is 42.9 Å². The number of fused-ring (bicyclic) bond motifs is 4. The molecule has 3 aliphatic heterocycles. The van der Waals surface area contributed by atoms with Gasteiger partial charge in [0.15, 0.2) is 11.7 Å². The standard InChI is InChI=1S/C25H30O10/c1-8-10(2)20(27)32-18-15-11(3)21(28)34-19(18)24(6)14(9-26)31-22(29)12(4)16(24)17(15)33-23(30)25(7)13(5)35-25/h8,13-19,26H,3-4,9H2,1-2,5-7H3. The van der Waals surface area contributed by atoms with E-state index in [0.29, 0.717) is 5.57 Å². The fourth-order valence-corrected chi connectivity index (χ4v) is 5.43. The molecule has 10 heteroatoms. The Balaban J connectivity index is 1.87. The minimum atomic E-state index is -1.34. The van der Waals surface area contributed by atoms with Gasteiger partial charge in [0.25, 0.3) is 0 Å². The molecule has 9 atom stereocenters. The van der Waals surface area contributed by atoms with Crippen molar-refractivity contribution in [1.82, 2.24) is 0 Å². The number of esters is 4. The van der Waals surface area contributed by atoms with Gasteiger partial charge in [-0.25, -0.2) is 19.2 Å². The first-order valence-electron chi connectivity index (χ1n) is 11.5. The lowest BCUT2D eigenvalue weighted by atomic mass is 9.52. The molecule has 4 fully saturated rings. The molecular formula is C25H30O10. The molecule has 4 aliphatic rings. The first-order valence-corrected chi connectivity index (χ1v) is 11.5. The highest BCUT2D eigenvalue weighted by atomic mass is 16.7. The van der Waals surface area contributed by atoms with Gasteiger partial charge in [0.05, 0.1) is 24.0 Å². The average molecular weight is 491 g/mol. The number of hydrogen-bond acceptors (Lipinski definition) is 10. The van der Waals surface area contributed by atoms with Crippen molar-refractivity contribution in [2.75, 3.05) is 6.61 Å². The smallest absolute Gasteiger partial charge is 0.341 e. The number of aliphatic hydroxyl groups excluding tert-OH is 1. The zero-order valence-electron chi connectivity index (χ0n) is 20.4. The van der Waals surface area contributed by atoms with Crippen molar-refractivity contribution in [3.05, 3.63) is 36.0 Å². The van der Waals surface area contributed by atoms with Gasteiger partial charge in [-0.2, -0.15) is 0 Å². The number of cyclic esters (lactones) is 1. The molecule has 35 heavy (non-hydrogen) atoms. The van der Waals surface area contributed by atoms with Gasteiger partial charge in [-0.05, 0) is 27.7 Å². The molecular weight excluding hydrogens is 460 g/mol. The molecule has 0 aromatic heterocycles. The van der Waals surface area contributed by atoms with Gasteiger partial charge in [-0.1, -0.05) is 26.2 Å². The molecule has 190 valence electrons. The summed E-state index contributed by atoms with van der Waals surface area (Å²) >= 11 is 0. The first kappa shape index (κ1) is 25.1. The molecule has 2 bridgehead atoms. The summed E-state index contributed by atoms with van der Waals surface area (Å²) in [6.45, 7) is 15.2. The summed E-state index contributed by atoms with van der Waals surface area (Å²) < 4.78 is 28.3. The van der Waals surface area contributed by atoms with Crippen LogP contribution in [0, 0.1) is 17.3 Å². The van der Waals surface area contributed by atoms with E-state index in [9.17, 15) is 24.3 Å². The van der Waals surface area contributed by atoms with Gasteiger partial charge in [0.1, 0.15) is 18.3 Å². The van der Waals surface area contributed by atoms with Crippen molar-refractivity contribution in [1.29, 1.82) is 0 Å². The highest BCUT2D eigenvalue weighted by molar-refractivity contribution is 5.93. The van der Waals surface area contributed by atoms with Crippen LogP contribution in [-0.4, -0.2) is 71.7 Å². The summed E-state index contributed by atoms with van der Waals surface area (Å²) in [5, 5.41) is 10.1. The van der Waals surface area contributed by atoms with Gasteiger partial charge in [-0.15, -0.1) is 0 Å². The number of carbonyl (C=O) groups excluding carboxylic acids is 4. The number of epoxide rings is 1. The van der Waals surface area contributed by atoms with Crippen molar-refractivity contribution in [3.8, 4) is 0 Å². The van der Waals surface area contributed by atoms with Crippen LogP contribution in [0.4, 0.5) is 0 Å². The van der Waals surface area contributed by atoms with Crippen molar-refractivity contribution >= 4 is 23.9 Å². The topological polar surface area (TPSA) is 138 Å². The van der Waals surface area contributed by atoms with E-state index in [1.807, 2.05) is 0 Å². The Hall–Kier alpha value is -2.98. The maximum Gasteiger partial charge on any atom is 0.341 e. The highest BCUT2D eigenvalue weighted by Crippen LogP contribution is 2.58. The summed E-state index contributed by atoms with van der Waals surface area (Å²) in [4.78, 5) is 51.5. The van der Waals surface area contributed by atoms with E-state index in [-0.39, 0.29) is 11.1 Å². The number of ether oxygens (including phenoxy) is 5. The van der Waals surface area contributed by atoms with E-state index >= 15 is 0 Å². The van der Waals surface area contributed by atoms with Crippen LogP contribution in [0.25, 0.3) is 0 Å². The average Bonchev–Trinajstić information content (AvgIpc) is 3.44. The molecule has 1 N–H and O–H groups in total. The number of aliphatic hydroxyl groups is 1. The van der Waals surface area contributed by atoms with Crippen LogP contribution in [0.5, 0.6) is 0 Å². The lowest BCUT2D eigenvalue weighted by Crippen LogP contribution is -2.73. The predicted molar refractivity (Wildman–Crippen MR) is 118 cm³/mol. The van der Waals surface area contributed by atoms with Crippen molar-refractivity contribution in [2.24, 2.45) is 17.3 Å². The van der Waals surface area contributed by atoms with E-state index in [0.717, 1.165) is 0 Å². The zero-order valence-corrected chi connectivity index (χ0v) is 20.4. The number of hydrogen-bond donors (Lipinski definition) is 1. The van der Waals surface area contributed by atoms with Crippen LogP contribution < -0.4 is 0 Å². The number of carbonyl (C=O) groups is 4. The molecule has 1 aliphatic carbocycles. The van der Waals surface area contributed by atoms with Crippen LogP contribution in [0.1, 0.15) is 34.6 Å². The first-order chi connectivity index (χ1) is 16.3. The third-order valence-electron chi connectivity index (χ3n) is 8.05. The van der Waals surface area contributed by atoms with Gasteiger partial charge in [0, 0.05) is 22.6 Å². The van der Waals surface area contributed by atoms with Crippen LogP contribution in [0.2, 0.25) is 0 Å². The van der Waals surface area contributed by atoms with Gasteiger partial charge in [0.2, 0.25) is 0 Å². The second kappa shape index (κ2) is 8.30. The largest absolute Gasteiger partial charge is 0.459 e. The molecule has 0 amide bonds. The fourth-order valence-electron chi connectivity index (χ4n) is 5.43. The van der Waals surface area contributed by atoms with Crippen LogP contribution in [0.3, 0.4) is 0 Å². The second-order valence-electron chi connectivity index (χ2n) is 9.90. The molecule has 0 radical (unpaired) electrons. The Morgan fingerprint density at radius 2 is 1.69 bits per heavy atom. The quantitative estimate of drug-likeness (QED) is 0.259. The van der Waals surface area contributed by atoms with Gasteiger partial charge >= 0.3 is 23.9 Å². The van der Waals surface area contributed by atoms with E-state index < -0.39 is 83.9 Å². The van der Waals surface area contributed by atoms with Gasteiger partial charge in [-0.3, -0.25) is 0 Å². The monoisotopic (exact) mass is 490 g/mol. The van der Waals surface area contributed by atoms with Crippen molar-refractivity contribution in [2.45, 2.75) is 70.7 Å². The predicted octanol–water partition coefficient (Wildman–Crippen LogP) is 1.16. The Morgan fingerprint density at radius 1 is 1.09 bits per heavy atom. The van der Waals surface area contributed by atoms with Crippen LogP contribution in [0.15, 0.2) is 36.0 Å². The molecule has 0 spiro atoms. The summed E-state index contributed by atoms with van der Waals surface area (Å²) in [6, 6.07) is 0. The van der Waals surface area contributed by atoms with E-state index in [1.54, 1.807) is 40.7 Å². The van der Waals surface area contributed by atoms with Crippen molar-refractivity contribution in [3.63, 3.8) is 0 Å². The third-order valence-corrected chi connectivity index (χ3v) is 8.05. The lowest BCUT2D eigenvalue weighted by Gasteiger charge is -2.60. The normalized spacial score (nSPS) is 42.5. The summed E-state index contributed by atoms with van der Waals surface area (Å²) in [7, 11) is 0. The summed E-state index contributed by atoms with van der Waals surface area (Å²) in [6.07, 6.45) is -3.47. The second-order valence-corrected chi connectivity index (χ2v) is 9.90. The minimum Gasteiger partial charge on any atom is -0.459 e. The minimum absolute atomic E-state index is 0.0138. The summed E-state index contributed by atoms with van der Waals surface area (Å²) in [5.41, 5.74) is -2.32. The van der Waals surface area contributed by atoms with E-state index in [2.05, 4.69) is 13.2 Å². The van der Waals surface area contributed by atoms with Gasteiger partial charge < -0.3 is 28.8 Å². The molecule has 3 saturated heterocycles. The van der Waals surface area contributed by atoms with Crippen molar-refractivity contribution < 1.29 is 48.0 Å². The Morgan fingerprint density at radius 3 is 2.23 bits per heavy atom. The molecule has 9 unspecified atom stereocenters. The maximum absolute atomic E-state index is 13.2. The third kappa shape index (κ3) is 3.53. The highest BCUT2D eigenvalue weighted by Gasteiger charge is 2.71.